The lowest BCUT2D eigenvalue weighted by Gasteiger charge is -2.26. The van der Waals surface area contributed by atoms with Gasteiger partial charge in [-0.05, 0) is 115 Å². The number of anilines is 3. The van der Waals surface area contributed by atoms with Crippen molar-refractivity contribution in [2.45, 2.75) is 0 Å². The molecule has 11 rings (SSSR count). The maximum atomic E-state index is 6.42. The quantitative estimate of drug-likeness (QED) is 0.153. The molecule has 0 radical (unpaired) electrons. The molecule has 0 amide bonds. The Hall–Kier alpha value is -7.94. The van der Waals surface area contributed by atoms with Crippen LogP contribution in [0.15, 0.2) is 241 Å². The summed E-state index contributed by atoms with van der Waals surface area (Å²) in [6.45, 7) is 0. The Bertz CT molecular complexity index is 3280. The number of fused-ring (bicyclic) bond motifs is 4. The van der Waals surface area contributed by atoms with Crippen molar-refractivity contribution in [3.63, 3.8) is 0 Å². The number of rotatable bonds is 8. The molecule has 282 valence electrons. The van der Waals surface area contributed by atoms with Crippen LogP contribution in [0.5, 0.6) is 0 Å². The van der Waals surface area contributed by atoms with Crippen LogP contribution in [0.4, 0.5) is 17.1 Å². The highest BCUT2D eigenvalue weighted by Crippen LogP contribution is 2.43. The van der Waals surface area contributed by atoms with Gasteiger partial charge in [0.25, 0.3) is 0 Å². The first-order chi connectivity index (χ1) is 29.7. The molecule has 1 heterocycles. The summed E-state index contributed by atoms with van der Waals surface area (Å²) in [5, 5.41) is 4.71. The predicted octanol–water partition coefficient (Wildman–Crippen LogP) is 16.5. The number of benzene rings is 10. The predicted molar refractivity (Wildman–Crippen MR) is 253 cm³/mol. The van der Waals surface area contributed by atoms with Crippen LogP contribution in [0, 0.1) is 0 Å². The summed E-state index contributed by atoms with van der Waals surface area (Å²) < 4.78 is 6.42. The monoisotopic (exact) mass is 765 g/mol. The molecule has 2 heteroatoms. The van der Waals surface area contributed by atoms with Crippen molar-refractivity contribution in [2.24, 2.45) is 0 Å². The first kappa shape index (κ1) is 35.2. The molecule has 2 nitrogen and oxygen atoms in total. The zero-order valence-electron chi connectivity index (χ0n) is 32.9. The SMILES string of the molecule is c1ccc(-c2ccc(-c3ccc(N(c4ccc(-c5ccc6ccccc6c5-c5ccccc5)cc4)c4ccc5c(c4)oc4ccccc45)cc3)cc2-c2ccccc2)cc1. The van der Waals surface area contributed by atoms with E-state index in [1.54, 1.807) is 0 Å². The minimum Gasteiger partial charge on any atom is -0.456 e. The molecular weight excluding hydrogens is 727 g/mol. The lowest BCUT2D eigenvalue weighted by molar-refractivity contribution is 0.669. The summed E-state index contributed by atoms with van der Waals surface area (Å²) in [6, 6.07) is 84.8. The molecule has 0 aliphatic rings. The van der Waals surface area contributed by atoms with Gasteiger partial charge in [-0.1, -0.05) is 182 Å². The molecule has 10 aromatic carbocycles. The molecule has 0 bridgehead atoms. The molecule has 0 fully saturated rings. The molecule has 0 saturated carbocycles. The van der Waals surface area contributed by atoms with Crippen LogP contribution in [0.25, 0.3) is 88.3 Å². The maximum absolute atomic E-state index is 6.42. The average Bonchev–Trinajstić information content (AvgIpc) is 3.70. The molecule has 0 N–H and O–H groups in total. The Kier molecular flexibility index (Phi) is 8.87. The van der Waals surface area contributed by atoms with E-state index in [2.05, 4.69) is 229 Å². The van der Waals surface area contributed by atoms with E-state index in [9.17, 15) is 0 Å². The number of furan rings is 1. The lowest BCUT2D eigenvalue weighted by atomic mass is 9.90. The number of para-hydroxylation sites is 1. The lowest BCUT2D eigenvalue weighted by Crippen LogP contribution is -2.09. The third-order valence-corrected chi connectivity index (χ3v) is 11.7. The van der Waals surface area contributed by atoms with Crippen LogP contribution >= 0.6 is 0 Å². The van der Waals surface area contributed by atoms with Gasteiger partial charge in [-0.15, -0.1) is 0 Å². The van der Waals surface area contributed by atoms with Gasteiger partial charge in [0.2, 0.25) is 0 Å². The number of nitrogens with zero attached hydrogens (tertiary/aromatic N) is 1. The standard InChI is InChI=1S/C58H39NO/c1-4-14-41(15-5-1)50-35-29-46(38-55(50)42-16-6-2-7-17-42)40-24-30-47(31-25-40)59(49-34-37-54-53-22-12-13-23-56(53)60-57(54)39-49)48-32-26-44(27-33-48)52-36-28-43-18-10-11-21-51(43)58(52)45-19-8-3-9-20-45/h1-39H. The third kappa shape index (κ3) is 6.41. The average molecular weight is 766 g/mol. The smallest absolute Gasteiger partial charge is 0.137 e. The fourth-order valence-corrected chi connectivity index (χ4v) is 8.77. The summed E-state index contributed by atoms with van der Waals surface area (Å²) in [5.74, 6) is 0. The fourth-order valence-electron chi connectivity index (χ4n) is 8.77. The largest absolute Gasteiger partial charge is 0.456 e. The normalized spacial score (nSPS) is 11.3. The second-order valence-corrected chi connectivity index (χ2v) is 15.3. The molecular formula is C58H39NO. The zero-order chi connectivity index (χ0) is 39.8. The van der Waals surface area contributed by atoms with Gasteiger partial charge in [0.1, 0.15) is 11.2 Å². The van der Waals surface area contributed by atoms with Crippen molar-refractivity contribution < 1.29 is 4.42 Å². The second kappa shape index (κ2) is 15.1. The summed E-state index contributed by atoms with van der Waals surface area (Å²) in [5.41, 5.74) is 16.9. The molecule has 60 heavy (non-hydrogen) atoms. The highest BCUT2D eigenvalue weighted by molar-refractivity contribution is 6.07. The van der Waals surface area contributed by atoms with Gasteiger partial charge < -0.3 is 9.32 Å². The molecule has 0 aliphatic carbocycles. The molecule has 0 spiro atoms. The van der Waals surface area contributed by atoms with Crippen molar-refractivity contribution in [1.82, 2.24) is 0 Å². The Morgan fingerprint density at radius 2 is 0.767 bits per heavy atom. The van der Waals surface area contributed by atoms with E-state index >= 15 is 0 Å². The van der Waals surface area contributed by atoms with Crippen LogP contribution < -0.4 is 4.90 Å². The number of hydrogen-bond acceptors (Lipinski definition) is 2. The Morgan fingerprint density at radius 3 is 1.47 bits per heavy atom. The second-order valence-electron chi connectivity index (χ2n) is 15.3. The summed E-state index contributed by atoms with van der Waals surface area (Å²) in [4.78, 5) is 2.33. The molecule has 0 saturated heterocycles. The van der Waals surface area contributed by atoms with Gasteiger partial charge in [-0.3, -0.25) is 0 Å². The van der Waals surface area contributed by atoms with E-state index in [0.29, 0.717) is 0 Å². The zero-order valence-corrected chi connectivity index (χ0v) is 32.9. The van der Waals surface area contributed by atoms with Crippen LogP contribution in [0.2, 0.25) is 0 Å². The first-order valence-electron chi connectivity index (χ1n) is 20.5. The molecule has 0 unspecified atom stereocenters. The Labute approximate surface area is 349 Å². The molecule has 0 aliphatic heterocycles. The van der Waals surface area contributed by atoms with Crippen molar-refractivity contribution in [3.05, 3.63) is 237 Å². The van der Waals surface area contributed by atoms with Crippen molar-refractivity contribution in [2.75, 3.05) is 4.90 Å². The van der Waals surface area contributed by atoms with Crippen LogP contribution in [0.3, 0.4) is 0 Å². The molecule has 11 aromatic rings. The van der Waals surface area contributed by atoms with Crippen molar-refractivity contribution in [3.8, 4) is 55.6 Å². The number of hydrogen-bond donors (Lipinski definition) is 0. The maximum Gasteiger partial charge on any atom is 0.137 e. The minimum atomic E-state index is 0.863. The third-order valence-electron chi connectivity index (χ3n) is 11.7. The van der Waals surface area contributed by atoms with Gasteiger partial charge in [0.05, 0.1) is 0 Å². The Morgan fingerprint density at radius 1 is 0.267 bits per heavy atom. The van der Waals surface area contributed by atoms with Gasteiger partial charge in [0, 0.05) is 33.9 Å². The van der Waals surface area contributed by atoms with Crippen LogP contribution in [-0.4, -0.2) is 0 Å². The summed E-state index contributed by atoms with van der Waals surface area (Å²) in [7, 11) is 0. The minimum absolute atomic E-state index is 0.863. The topological polar surface area (TPSA) is 16.4 Å². The summed E-state index contributed by atoms with van der Waals surface area (Å²) in [6.07, 6.45) is 0. The van der Waals surface area contributed by atoms with Crippen molar-refractivity contribution in [1.29, 1.82) is 0 Å². The van der Waals surface area contributed by atoms with Gasteiger partial charge in [0.15, 0.2) is 0 Å². The highest BCUT2D eigenvalue weighted by atomic mass is 16.3. The van der Waals surface area contributed by atoms with Crippen LogP contribution in [-0.2, 0) is 0 Å². The van der Waals surface area contributed by atoms with E-state index in [1.807, 2.05) is 12.1 Å². The highest BCUT2D eigenvalue weighted by Gasteiger charge is 2.18. The summed E-state index contributed by atoms with van der Waals surface area (Å²) >= 11 is 0. The van der Waals surface area contributed by atoms with E-state index in [4.69, 9.17) is 4.42 Å². The van der Waals surface area contributed by atoms with Crippen molar-refractivity contribution >= 4 is 49.8 Å². The van der Waals surface area contributed by atoms with Gasteiger partial charge in [-0.25, -0.2) is 0 Å². The Balaban J connectivity index is 1.01. The van der Waals surface area contributed by atoms with E-state index in [1.165, 1.54) is 60.8 Å². The van der Waals surface area contributed by atoms with E-state index in [0.717, 1.165) is 44.6 Å². The molecule has 0 atom stereocenters. The molecule has 1 aromatic heterocycles. The van der Waals surface area contributed by atoms with E-state index in [-0.39, 0.29) is 0 Å². The first-order valence-corrected chi connectivity index (χ1v) is 20.5. The fraction of sp³-hybridized carbons (Fsp3) is 0. The van der Waals surface area contributed by atoms with Crippen LogP contribution in [0.1, 0.15) is 0 Å². The van der Waals surface area contributed by atoms with Gasteiger partial charge in [-0.2, -0.15) is 0 Å². The van der Waals surface area contributed by atoms with E-state index < -0.39 is 0 Å². The van der Waals surface area contributed by atoms with Gasteiger partial charge >= 0.3 is 0 Å².